The minimum Gasteiger partial charge on any atom is -0.494 e. The smallest absolute Gasteiger partial charge is 0.410 e. The van der Waals surface area contributed by atoms with E-state index in [0.717, 1.165) is 21.8 Å². The summed E-state index contributed by atoms with van der Waals surface area (Å²) in [4.78, 5) is 27.3. The standard InChI is InChI=1S/C23H27N3O5S/c1-3-30-19-7-5-4-6-16(19)8-9-21(27)25-22-18(14-24)17-10-11-26(15-20(17)32-22)23(28)31-13-12-29-2/h4-7H,3,8-13,15H2,1-2H3,(H,25,27). The van der Waals surface area contributed by atoms with Crippen molar-refractivity contribution in [3.8, 4) is 11.8 Å². The van der Waals surface area contributed by atoms with Gasteiger partial charge in [-0.2, -0.15) is 5.26 Å². The molecule has 0 saturated heterocycles. The average molecular weight is 458 g/mol. The van der Waals surface area contributed by atoms with Gasteiger partial charge < -0.3 is 24.4 Å². The molecule has 0 atom stereocenters. The van der Waals surface area contributed by atoms with E-state index in [-0.39, 0.29) is 18.9 Å². The number of fused-ring (bicyclic) bond motifs is 1. The lowest BCUT2D eigenvalue weighted by Gasteiger charge is -2.26. The van der Waals surface area contributed by atoms with Crippen LogP contribution in [0.15, 0.2) is 24.3 Å². The van der Waals surface area contributed by atoms with Gasteiger partial charge in [-0.05, 0) is 37.0 Å². The monoisotopic (exact) mass is 457 g/mol. The molecular weight excluding hydrogens is 430 g/mol. The summed E-state index contributed by atoms with van der Waals surface area (Å²) in [5.41, 5.74) is 2.36. The van der Waals surface area contributed by atoms with Gasteiger partial charge in [-0.1, -0.05) is 18.2 Å². The number of para-hydroxylation sites is 1. The number of thiophene rings is 1. The second-order valence-electron chi connectivity index (χ2n) is 7.19. The summed E-state index contributed by atoms with van der Waals surface area (Å²) in [5, 5.41) is 13.1. The summed E-state index contributed by atoms with van der Waals surface area (Å²) in [5.74, 6) is 0.617. The molecule has 1 aliphatic heterocycles. The minimum absolute atomic E-state index is 0.165. The molecule has 0 spiro atoms. The van der Waals surface area contributed by atoms with E-state index in [1.165, 1.54) is 11.3 Å². The molecule has 0 saturated carbocycles. The van der Waals surface area contributed by atoms with Gasteiger partial charge in [0.05, 0.1) is 25.3 Å². The van der Waals surface area contributed by atoms with Crippen molar-refractivity contribution in [2.24, 2.45) is 0 Å². The van der Waals surface area contributed by atoms with Gasteiger partial charge in [0.15, 0.2) is 0 Å². The lowest BCUT2D eigenvalue weighted by Crippen LogP contribution is -2.36. The van der Waals surface area contributed by atoms with E-state index in [1.807, 2.05) is 31.2 Å². The summed E-state index contributed by atoms with van der Waals surface area (Å²) in [6.07, 6.45) is 0.954. The number of hydrogen-bond acceptors (Lipinski definition) is 7. The first kappa shape index (κ1) is 23.6. The van der Waals surface area contributed by atoms with E-state index in [0.29, 0.717) is 49.7 Å². The number of hydrogen-bond donors (Lipinski definition) is 1. The Morgan fingerprint density at radius 2 is 2.09 bits per heavy atom. The molecule has 0 unspecified atom stereocenters. The van der Waals surface area contributed by atoms with Crippen LogP contribution in [0.25, 0.3) is 0 Å². The average Bonchev–Trinajstić information content (AvgIpc) is 3.14. The van der Waals surface area contributed by atoms with Crippen molar-refractivity contribution in [2.75, 3.05) is 38.8 Å². The number of carbonyl (C=O) groups excluding carboxylic acids is 2. The van der Waals surface area contributed by atoms with Crippen LogP contribution in [0, 0.1) is 11.3 Å². The lowest BCUT2D eigenvalue weighted by atomic mass is 10.0. The minimum atomic E-state index is -0.404. The molecule has 2 amide bonds. The molecule has 9 heteroatoms. The van der Waals surface area contributed by atoms with Crippen LogP contribution in [0.1, 0.15) is 34.9 Å². The van der Waals surface area contributed by atoms with Crippen LogP contribution in [0.4, 0.5) is 9.80 Å². The Hall–Kier alpha value is -3.09. The van der Waals surface area contributed by atoms with Gasteiger partial charge in [0.2, 0.25) is 5.91 Å². The second-order valence-corrected chi connectivity index (χ2v) is 8.29. The van der Waals surface area contributed by atoms with Crippen LogP contribution in [-0.2, 0) is 33.7 Å². The van der Waals surface area contributed by atoms with Crippen LogP contribution in [0.3, 0.4) is 0 Å². The molecule has 8 nitrogen and oxygen atoms in total. The predicted octanol–water partition coefficient (Wildman–Crippen LogP) is 3.73. The quantitative estimate of drug-likeness (QED) is 0.576. The van der Waals surface area contributed by atoms with Gasteiger partial charge in [-0.3, -0.25) is 4.79 Å². The normalized spacial score (nSPS) is 12.6. The van der Waals surface area contributed by atoms with Crippen LogP contribution in [-0.4, -0.2) is 50.4 Å². The highest BCUT2D eigenvalue weighted by Gasteiger charge is 2.28. The number of benzene rings is 1. The largest absolute Gasteiger partial charge is 0.494 e. The Kier molecular flexibility index (Phi) is 8.48. The summed E-state index contributed by atoms with van der Waals surface area (Å²) >= 11 is 1.34. The van der Waals surface area contributed by atoms with Crippen molar-refractivity contribution in [3.05, 3.63) is 45.8 Å². The number of carbonyl (C=O) groups is 2. The third-order valence-corrected chi connectivity index (χ3v) is 6.22. The first-order valence-electron chi connectivity index (χ1n) is 10.5. The van der Waals surface area contributed by atoms with Crippen LogP contribution in [0.5, 0.6) is 5.75 Å². The molecule has 170 valence electrons. The van der Waals surface area contributed by atoms with E-state index >= 15 is 0 Å². The molecule has 0 radical (unpaired) electrons. The van der Waals surface area contributed by atoms with E-state index in [1.54, 1.807) is 12.0 Å². The Bertz CT molecular complexity index is 998. The molecule has 0 aliphatic carbocycles. The van der Waals surface area contributed by atoms with Crippen molar-refractivity contribution in [3.63, 3.8) is 0 Å². The molecule has 0 fully saturated rings. The van der Waals surface area contributed by atoms with Gasteiger partial charge in [0, 0.05) is 25.0 Å². The molecule has 1 aromatic heterocycles. The first-order chi connectivity index (χ1) is 15.6. The number of nitriles is 1. The Morgan fingerprint density at radius 3 is 2.84 bits per heavy atom. The SMILES string of the molecule is CCOc1ccccc1CCC(=O)Nc1sc2c(c1C#N)CCN(C(=O)OCCOC)C2. The summed E-state index contributed by atoms with van der Waals surface area (Å²) in [6, 6.07) is 9.88. The third-order valence-electron chi connectivity index (χ3n) is 5.09. The first-order valence-corrected chi connectivity index (χ1v) is 11.3. The Labute approximate surface area is 191 Å². The molecule has 1 N–H and O–H groups in total. The number of methoxy groups -OCH3 is 1. The number of rotatable bonds is 9. The maximum atomic E-state index is 12.6. The van der Waals surface area contributed by atoms with Gasteiger partial charge in [-0.25, -0.2) is 4.79 Å². The van der Waals surface area contributed by atoms with Gasteiger partial charge in [-0.15, -0.1) is 11.3 Å². The molecule has 2 aromatic rings. The van der Waals surface area contributed by atoms with Gasteiger partial charge >= 0.3 is 6.09 Å². The zero-order chi connectivity index (χ0) is 22.9. The fourth-order valence-corrected chi connectivity index (χ4v) is 4.74. The number of amides is 2. The van der Waals surface area contributed by atoms with Crippen molar-refractivity contribution >= 4 is 28.3 Å². The van der Waals surface area contributed by atoms with E-state index in [2.05, 4.69) is 11.4 Å². The molecule has 1 aliphatic rings. The van der Waals surface area contributed by atoms with Crippen LogP contribution < -0.4 is 10.1 Å². The second kappa shape index (κ2) is 11.5. The van der Waals surface area contributed by atoms with Crippen LogP contribution >= 0.6 is 11.3 Å². The van der Waals surface area contributed by atoms with E-state index in [9.17, 15) is 14.9 Å². The Balaban J connectivity index is 1.63. The molecule has 2 heterocycles. The van der Waals surface area contributed by atoms with Crippen molar-refractivity contribution in [1.29, 1.82) is 5.26 Å². The lowest BCUT2D eigenvalue weighted by molar-refractivity contribution is -0.116. The van der Waals surface area contributed by atoms with Gasteiger partial charge in [0.1, 0.15) is 23.4 Å². The van der Waals surface area contributed by atoms with Crippen LogP contribution in [0.2, 0.25) is 0 Å². The summed E-state index contributed by atoms with van der Waals surface area (Å²) in [6.45, 7) is 3.84. The number of anilines is 1. The summed E-state index contributed by atoms with van der Waals surface area (Å²) < 4.78 is 15.7. The number of ether oxygens (including phenoxy) is 3. The van der Waals surface area contributed by atoms with Crippen molar-refractivity contribution < 1.29 is 23.8 Å². The molecule has 0 bridgehead atoms. The number of nitrogens with one attached hydrogen (secondary N) is 1. The highest BCUT2D eigenvalue weighted by Crippen LogP contribution is 2.37. The predicted molar refractivity (Wildman–Crippen MR) is 121 cm³/mol. The zero-order valence-electron chi connectivity index (χ0n) is 18.3. The maximum Gasteiger partial charge on any atom is 0.410 e. The molecule has 1 aromatic carbocycles. The molecular formula is C23H27N3O5S. The van der Waals surface area contributed by atoms with E-state index in [4.69, 9.17) is 14.2 Å². The third kappa shape index (κ3) is 5.78. The summed E-state index contributed by atoms with van der Waals surface area (Å²) in [7, 11) is 1.55. The fraction of sp³-hybridized carbons (Fsp3) is 0.435. The number of nitrogens with zero attached hydrogens (tertiary/aromatic N) is 2. The zero-order valence-corrected chi connectivity index (χ0v) is 19.1. The Morgan fingerprint density at radius 1 is 1.28 bits per heavy atom. The molecule has 32 heavy (non-hydrogen) atoms. The highest BCUT2D eigenvalue weighted by molar-refractivity contribution is 7.16. The van der Waals surface area contributed by atoms with Crippen molar-refractivity contribution in [1.82, 2.24) is 4.90 Å². The molecule has 3 rings (SSSR count). The number of aryl methyl sites for hydroxylation is 1. The van der Waals surface area contributed by atoms with Crippen molar-refractivity contribution in [2.45, 2.75) is 32.7 Å². The van der Waals surface area contributed by atoms with Gasteiger partial charge in [0.25, 0.3) is 0 Å². The fourth-order valence-electron chi connectivity index (χ4n) is 3.51. The maximum absolute atomic E-state index is 12.6. The topological polar surface area (TPSA) is 101 Å². The highest BCUT2D eigenvalue weighted by atomic mass is 32.1. The van der Waals surface area contributed by atoms with E-state index < -0.39 is 6.09 Å².